The number of rotatable bonds is 8. The molecule has 7 nitrogen and oxygen atoms in total. The number of aryl methyl sites for hydroxylation is 1. The highest BCUT2D eigenvalue weighted by atomic mass is 19.1. The standard InChI is InChI=1S/C23H29FN6O/c1-17-27-28-22(30(17)3)15-26-23(29(2)16-19-5-9-20(24)10-6-19)25-14-13-18-7-11-21(31-4)12-8-18/h5-12H,13-16H2,1-4H3,(H,25,26). The van der Waals surface area contributed by atoms with Gasteiger partial charge >= 0.3 is 0 Å². The van der Waals surface area contributed by atoms with Gasteiger partial charge in [0, 0.05) is 27.2 Å². The van der Waals surface area contributed by atoms with Gasteiger partial charge in [-0.1, -0.05) is 24.3 Å². The molecule has 0 saturated carbocycles. The van der Waals surface area contributed by atoms with Gasteiger partial charge in [-0.05, 0) is 48.7 Å². The fraction of sp³-hybridized carbons (Fsp3) is 0.348. The third-order valence-electron chi connectivity index (χ3n) is 5.10. The van der Waals surface area contributed by atoms with Crippen molar-refractivity contribution in [3.8, 4) is 5.75 Å². The number of aromatic nitrogens is 3. The van der Waals surface area contributed by atoms with Crippen LogP contribution < -0.4 is 10.1 Å². The zero-order valence-electron chi connectivity index (χ0n) is 18.5. The third kappa shape index (κ3) is 6.28. The predicted molar refractivity (Wildman–Crippen MR) is 119 cm³/mol. The van der Waals surface area contributed by atoms with Crippen LogP contribution in [0, 0.1) is 12.7 Å². The first-order chi connectivity index (χ1) is 15.0. The number of benzene rings is 2. The van der Waals surface area contributed by atoms with Crippen LogP contribution in [0.1, 0.15) is 22.8 Å². The van der Waals surface area contributed by atoms with Crippen LogP contribution in [0.5, 0.6) is 5.75 Å². The number of nitrogens with one attached hydrogen (secondary N) is 1. The normalized spacial score (nSPS) is 11.5. The Kier molecular flexibility index (Phi) is 7.59. The molecule has 0 aliphatic carbocycles. The average Bonchev–Trinajstić information content (AvgIpc) is 3.10. The van der Waals surface area contributed by atoms with Crippen LogP contribution in [0.2, 0.25) is 0 Å². The van der Waals surface area contributed by atoms with Gasteiger partial charge in [0.2, 0.25) is 0 Å². The first-order valence-corrected chi connectivity index (χ1v) is 10.2. The number of hydrogen-bond donors (Lipinski definition) is 1. The van der Waals surface area contributed by atoms with Crippen molar-refractivity contribution in [1.82, 2.24) is 25.0 Å². The summed E-state index contributed by atoms with van der Waals surface area (Å²) in [4.78, 5) is 6.77. The maximum absolute atomic E-state index is 13.2. The van der Waals surface area contributed by atoms with Crippen molar-refractivity contribution < 1.29 is 9.13 Å². The minimum Gasteiger partial charge on any atom is -0.497 e. The maximum Gasteiger partial charge on any atom is 0.194 e. The van der Waals surface area contributed by atoms with Crippen molar-refractivity contribution in [3.63, 3.8) is 0 Å². The lowest BCUT2D eigenvalue weighted by Crippen LogP contribution is -2.39. The Morgan fingerprint density at radius 3 is 2.39 bits per heavy atom. The minimum atomic E-state index is -0.240. The molecule has 0 aliphatic heterocycles. The summed E-state index contributed by atoms with van der Waals surface area (Å²) in [5.74, 6) is 2.99. The Balaban J connectivity index is 1.68. The Morgan fingerprint density at radius 1 is 1.10 bits per heavy atom. The fourth-order valence-corrected chi connectivity index (χ4v) is 3.10. The Morgan fingerprint density at radius 2 is 1.77 bits per heavy atom. The quantitative estimate of drug-likeness (QED) is 0.445. The van der Waals surface area contributed by atoms with Crippen LogP contribution in [0.4, 0.5) is 4.39 Å². The van der Waals surface area contributed by atoms with E-state index in [-0.39, 0.29) is 5.82 Å². The van der Waals surface area contributed by atoms with Gasteiger partial charge in [0.1, 0.15) is 23.9 Å². The number of ether oxygens (including phenoxy) is 1. The molecule has 3 aromatic rings. The molecule has 0 saturated heterocycles. The molecule has 2 aromatic carbocycles. The second-order valence-corrected chi connectivity index (χ2v) is 7.37. The number of aliphatic imine (C=N–C) groups is 1. The lowest BCUT2D eigenvalue weighted by molar-refractivity contribution is 0.414. The molecule has 0 amide bonds. The first-order valence-electron chi connectivity index (χ1n) is 10.2. The van der Waals surface area contributed by atoms with E-state index in [2.05, 4.69) is 27.6 Å². The second kappa shape index (κ2) is 10.6. The first kappa shape index (κ1) is 22.3. The fourth-order valence-electron chi connectivity index (χ4n) is 3.10. The van der Waals surface area contributed by atoms with Crippen molar-refractivity contribution in [2.24, 2.45) is 12.0 Å². The zero-order valence-corrected chi connectivity index (χ0v) is 18.5. The molecule has 0 fully saturated rings. The molecule has 3 rings (SSSR count). The van der Waals surface area contributed by atoms with E-state index in [1.54, 1.807) is 19.2 Å². The van der Waals surface area contributed by atoms with Crippen molar-refractivity contribution in [2.45, 2.75) is 26.4 Å². The summed E-state index contributed by atoms with van der Waals surface area (Å²) in [6, 6.07) is 14.5. The van der Waals surface area contributed by atoms with Crippen molar-refractivity contribution in [2.75, 3.05) is 20.7 Å². The van der Waals surface area contributed by atoms with E-state index in [0.717, 1.165) is 41.9 Å². The third-order valence-corrected chi connectivity index (χ3v) is 5.10. The van der Waals surface area contributed by atoms with Crippen LogP contribution in [0.25, 0.3) is 0 Å². The van der Waals surface area contributed by atoms with Gasteiger partial charge in [-0.3, -0.25) is 0 Å². The smallest absolute Gasteiger partial charge is 0.194 e. The summed E-state index contributed by atoms with van der Waals surface area (Å²) < 4.78 is 20.4. The maximum atomic E-state index is 13.2. The molecule has 1 heterocycles. The molecular weight excluding hydrogens is 395 g/mol. The van der Waals surface area contributed by atoms with Crippen molar-refractivity contribution >= 4 is 5.96 Å². The number of hydrogen-bond acceptors (Lipinski definition) is 4. The van der Waals surface area contributed by atoms with Crippen LogP contribution in [-0.4, -0.2) is 46.3 Å². The number of guanidine groups is 1. The summed E-state index contributed by atoms with van der Waals surface area (Å²) in [5.41, 5.74) is 2.21. The average molecular weight is 425 g/mol. The summed E-state index contributed by atoms with van der Waals surface area (Å²) in [6.45, 7) is 3.65. The topological polar surface area (TPSA) is 67.6 Å². The Bertz CT molecular complexity index is 998. The summed E-state index contributed by atoms with van der Waals surface area (Å²) in [5, 5.41) is 11.7. The summed E-state index contributed by atoms with van der Waals surface area (Å²) >= 11 is 0. The molecule has 1 aromatic heterocycles. The van der Waals surface area contributed by atoms with Crippen LogP contribution >= 0.6 is 0 Å². The Labute approximate surface area is 182 Å². The highest BCUT2D eigenvalue weighted by molar-refractivity contribution is 5.79. The van der Waals surface area contributed by atoms with E-state index >= 15 is 0 Å². The van der Waals surface area contributed by atoms with Gasteiger partial charge in [-0.25, -0.2) is 9.38 Å². The molecule has 0 atom stereocenters. The van der Waals surface area contributed by atoms with E-state index < -0.39 is 0 Å². The van der Waals surface area contributed by atoms with E-state index in [1.807, 2.05) is 42.6 Å². The van der Waals surface area contributed by atoms with Gasteiger partial charge in [-0.15, -0.1) is 10.2 Å². The summed E-state index contributed by atoms with van der Waals surface area (Å²) in [6.07, 6.45) is 0.844. The number of nitrogens with zero attached hydrogens (tertiary/aromatic N) is 5. The molecule has 1 N–H and O–H groups in total. The molecule has 164 valence electrons. The van der Waals surface area contributed by atoms with Crippen molar-refractivity contribution in [1.29, 1.82) is 0 Å². The summed E-state index contributed by atoms with van der Waals surface area (Å²) in [7, 11) is 5.55. The highest BCUT2D eigenvalue weighted by Crippen LogP contribution is 2.11. The molecule has 0 bridgehead atoms. The molecule has 0 unspecified atom stereocenters. The van der Waals surface area contributed by atoms with E-state index in [9.17, 15) is 4.39 Å². The van der Waals surface area contributed by atoms with Gasteiger partial charge in [0.05, 0.1) is 7.11 Å². The van der Waals surface area contributed by atoms with Gasteiger partial charge in [0.25, 0.3) is 0 Å². The molecule has 0 aliphatic rings. The van der Waals surface area contributed by atoms with E-state index in [0.29, 0.717) is 13.1 Å². The van der Waals surface area contributed by atoms with Crippen LogP contribution in [0.15, 0.2) is 53.5 Å². The predicted octanol–water partition coefficient (Wildman–Crippen LogP) is 3.09. The molecule has 8 heteroatoms. The number of methoxy groups -OCH3 is 1. The zero-order chi connectivity index (χ0) is 22.2. The van der Waals surface area contributed by atoms with E-state index in [1.165, 1.54) is 17.7 Å². The lowest BCUT2D eigenvalue weighted by atomic mass is 10.1. The molecule has 31 heavy (non-hydrogen) atoms. The minimum absolute atomic E-state index is 0.240. The van der Waals surface area contributed by atoms with Crippen LogP contribution in [-0.2, 0) is 26.6 Å². The largest absolute Gasteiger partial charge is 0.497 e. The Hall–Kier alpha value is -3.42. The highest BCUT2D eigenvalue weighted by Gasteiger charge is 2.10. The monoisotopic (exact) mass is 424 g/mol. The molecular formula is C23H29FN6O. The van der Waals surface area contributed by atoms with Gasteiger partial charge < -0.3 is 19.5 Å². The van der Waals surface area contributed by atoms with E-state index in [4.69, 9.17) is 9.73 Å². The van der Waals surface area contributed by atoms with Gasteiger partial charge in [-0.2, -0.15) is 0 Å². The number of halogens is 1. The van der Waals surface area contributed by atoms with Crippen LogP contribution in [0.3, 0.4) is 0 Å². The van der Waals surface area contributed by atoms with Gasteiger partial charge in [0.15, 0.2) is 11.8 Å². The second-order valence-electron chi connectivity index (χ2n) is 7.37. The van der Waals surface area contributed by atoms with Crippen molar-refractivity contribution in [3.05, 3.63) is 77.1 Å². The SMILES string of the molecule is COc1ccc(CCNC(=NCc2nnc(C)n2C)N(C)Cc2ccc(F)cc2)cc1. The lowest BCUT2D eigenvalue weighted by Gasteiger charge is -2.23. The molecule has 0 radical (unpaired) electrons. The molecule has 0 spiro atoms.